The molecule has 2 aliphatic heterocycles. The van der Waals surface area contributed by atoms with Gasteiger partial charge in [-0.15, -0.1) is 6.58 Å². The molecule has 0 unspecified atom stereocenters. The number of hydrogen-bond acceptors (Lipinski definition) is 8. The Labute approximate surface area is 314 Å². The van der Waals surface area contributed by atoms with Gasteiger partial charge in [0.1, 0.15) is 35.4 Å². The van der Waals surface area contributed by atoms with Crippen LogP contribution in [-0.2, 0) is 48.4 Å². The van der Waals surface area contributed by atoms with E-state index in [0.717, 1.165) is 11.0 Å². The third-order valence-electron chi connectivity index (χ3n) is 10.8. The Kier molecular flexibility index (Phi) is 10.0. The fraction of sp³-hybridized carbons (Fsp3) is 0.514. The van der Waals surface area contributed by atoms with E-state index in [4.69, 9.17) is 4.74 Å². The molecule has 3 N–H and O–H groups in total. The summed E-state index contributed by atoms with van der Waals surface area (Å²) in [5, 5.41) is 5.33. The predicted molar refractivity (Wildman–Crippen MR) is 188 cm³/mol. The van der Waals surface area contributed by atoms with Crippen LogP contribution in [0, 0.1) is 23.0 Å². The minimum Gasteiger partial charge on any atom is -0.444 e. The van der Waals surface area contributed by atoms with Gasteiger partial charge in [-0.05, 0) is 61.4 Å². The highest BCUT2D eigenvalue weighted by Crippen LogP contribution is 2.47. The number of carbonyl (C=O) groups excluding carboxylic acids is 4. The number of fused-ring (bicyclic) bond motifs is 1. The molecule has 2 aromatic rings. The molecule has 1 saturated heterocycles. The maximum absolute atomic E-state index is 14.5. The van der Waals surface area contributed by atoms with Crippen molar-refractivity contribution in [2.75, 3.05) is 11.9 Å². The first kappa shape index (κ1) is 39.9. The first-order chi connectivity index (χ1) is 25.5. The number of halogens is 5. The number of likely N-dealkylation sites (tertiary alicyclic amines) is 1. The van der Waals surface area contributed by atoms with Gasteiger partial charge in [-0.1, -0.05) is 39.0 Å². The summed E-state index contributed by atoms with van der Waals surface area (Å²) < 4.78 is 102. The molecule has 4 amide bonds. The Morgan fingerprint density at radius 1 is 1.05 bits per heavy atom. The maximum atomic E-state index is 14.5. The lowest BCUT2D eigenvalue weighted by atomic mass is 9.85. The number of ether oxygens (including phenoxy) is 1. The molecule has 2 heterocycles. The molecule has 2 saturated carbocycles. The van der Waals surface area contributed by atoms with Gasteiger partial charge in [-0.3, -0.25) is 24.0 Å². The number of amides is 4. The molecule has 2 aliphatic carbocycles. The second-order valence-corrected chi connectivity index (χ2v) is 18.2. The van der Waals surface area contributed by atoms with Crippen LogP contribution in [0.5, 0.6) is 0 Å². The molecule has 6 rings (SSSR count). The van der Waals surface area contributed by atoms with Crippen LogP contribution >= 0.6 is 0 Å². The summed E-state index contributed by atoms with van der Waals surface area (Å²) >= 11 is 0. The van der Waals surface area contributed by atoms with E-state index in [1.54, 1.807) is 26.8 Å². The van der Waals surface area contributed by atoms with Crippen molar-refractivity contribution in [2.24, 2.45) is 11.3 Å². The summed E-state index contributed by atoms with van der Waals surface area (Å²) in [7, 11) is -4.11. The molecule has 12 nitrogen and oxygen atoms in total. The molecule has 18 heteroatoms. The second-order valence-electron chi connectivity index (χ2n) is 16.0. The molecule has 0 aromatic heterocycles. The molecule has 5 atom stereocenters. The quantitative estimate of drug-likeness (QED) is 0.225. The molecule has 0 radical (unpaired) electrons. The molecule has 2 aromatic carbocycles. The van der Waals surface area contributed by atoms with Gasteiger partial charge in [0.15, 0.2) is 0 Å². The van der Waals surface area contributed by atoms with Crippen LogP contribution in [0.1, 0.15) is 70.1 Å². The lowest BCUT2D eigenvalue weighted by molar-refractivity contribution is -0.141. The highest BCUT2D eigenvalue weighted by Gasteiger charge is 2.63. The molecule has 0 bridgehead atoms. The average molecular weight is 796 g/mol. The van der Waals surface area contributed by atoms with E-state index in [9.17, 15) is 49.5 Å². The van der Waals surface area contributed by atoms with Crippen molar-refractivity contribution in [1.82, 2.24) is 19.8 Å². The Hall–Kier alpha value is -4.74. The van der Waals surface area contributed by atoms with Crippen LogP contribution < -0.4 is 15.4 Å². The zero-order valence-electron chi connectivity index (χ0n) is 30.6. The number of hydrogen-bond donors (Lipinski definition) is 3. The van der Waals surface area contributed by atoms with Crippen molar-refractivity contribution in [3.05, 3.63) is 77.4 Å². The van der Waals surface area contributed by atoms with Gasteiger partial charge in [0.25, 0.3) is 5.91 Å². The van der Waals surface area contributed by atoms with Crippen LogP contribution in [0.25, 0.3) is 0 Å². The zero-order valence-corrected chi connectivity index (χ0v) is 31.4. The van der Waals surface area contributed by atoms with E-state index in [0.29, 0.717) is 36.1 Å². The second kappa shape index (κ2) is 13.8. The Morgan fingerprint density at radius 2 is 1.75 bits per heavy atom. The lowest BCUT2D eigenvalue weighted by Crippen LogP contribution is -2.59. The molecular weight excluding hydrogens is 753 g/mol. The van der Waals surface area contributed by atoms with E-state index >= 15 is 0 Å². The summed E-state index contributed by atoms with van der Waals surface area (Å²) in [6.45, 7) is 9.54. The third kappa shape index (κ3) is 7.87. The topological polar surface area (TPSA) is 154 Å². The van der Waals surface area contributed by atoms with Crippen molar-refractivity contribution in [3.63, 3.8) is 0 Å². The van der Waals surface area contributed by atoms with E-state index in [1.165, 1.54) is 30.0 Å². The monoisotopic (exact) mass is 795 g/mol. The van der Waals surface area contributed by atoms with Crippen molar-refractivity contribution < 1.29 is 54.3 Å². The first-order valence-electron chi connectivity index (χ1n) is 17.7. The van der Waals surface area contributed by atoms with Crippen molar-refractivity contribution in [2.45, 2.75) is 101 Å². The number of alkyl halides is 3. The fourth-order valence-corrected chi connectivity index (χ4v) is 8.35. The summed E-state index contributed by atoms with van der Waals surface area (Å²) in [5.74, 6) is -5.09. The largest absolute Gasteiger partial charge is 0.444 e. The van der Waals surface area contributed by atoms with Crippen LogP contribution in [0.4, 0.5) is 32.4 Å². The summed E-state index contributed by atoms with van der Waals surface area (Å²) in [5.41, 5.74) is -3.58. The minimum absolute atomic E-state index is 0.00124. The SMILES string of the molecule is C=C[C@@H]1C[C@]1(NC(=O)[C@@H]1C[C@@H](OC(=O)N2Cc3cccc(F)c3C2)CN1C(=O)[C@@H](Nc1cc(F)cc(C(F)(F)F)c1)C(C)(C)C)C(=O)NS(=O)(=O)C1(C)CC1. The maximum Gasteiger partial charge on any atom is 0.416 e. The first-order valence-corrected chi connectivity index (χ1v) is 19.1. The van der Waals surface area contributed by atoms with Crippen molar-refractivity contribution in [1.29, 1.82) is 0 Å². The Balaban J connectivity index is 1.27. The van der Waals surface area contributed by atoms with Gasteiger partial charge < -0.3 is 20.3 Å². The van der Waals surface area contributed by atoms with Crippen LogP contribution in [-0.4, -0.2) is 77.1 Å². The Morgan fingerprint density at radius 3 is 2.33 bits per heavy atom. The van der Waals surface area contributed by atoms with Gasteiger partial charge in [-0.25, -0.2) is 22.0 Å². The van der Waals surface area contributed by atoms with Crippen molar-refractivity contribution >= 4 is 39.5 Å². The number of nitrogens with one attached hydrogen (secondary N) is 3. The van der Waals surface area contributed by atoms with E-state index < -0.39 is 97.0 Å². The van der Waals surface area contributed by atoms with Crippen molar-refractivity contribution in [3.8, 4) is 0 Å². The van der Waals surface area contributed by atoms with Gasteiger partial charge in [0.05, 0.1) is 23.4 Å². The highest BCUT2D eigenvalue weighted by molar-refractivity contribution is 7.91. The minimum atomic E-state index is -4.90. The smallest absolute Gasteiger partial charge is 0.416 e. The lowest BCUT2D eigenvalue weighted by Gasteiger charge is -2.36. The van der Waals surface area contributed by atoms with Crippen LogP contribution in [0.15, 0.2) is 49.1 Å². The summed E-state index contributed by atoms with van der Waals surface area (Å²) in [4.78, 5) is 57.9. The van der Waals surface area contributed by atoms with Gasteiger partial charge in [0.2, 0.25) is 21.8 Å². The van der Waals surface area contributed by atoms with Crippen LogP contribution in [0.2, 0.25) is 0 Å². The third-order valence-corrected chi connectivity index (χ3v) is 13.0. The van der Waals surface area contributed by atoms with Gasteiger partial charge in [-0.2, -0.15) is 13.2 Å². The number of anilines is 1. The number of nitrogens with zero attached hydrogens (tertiary/aromatic N) is 2. The fourth-order valence-electron chi connectivity index (χ4n) is 7.04. The Bertz CT molecular complexity index is 2050. The van der Waals surface area contributed by atoms with E-state index in [2.05, 4.69) is 21.9 Å². The number of rotatable bonds is 10. The number of carbonyl (C=O) groups is 4. The van der Waals surface area contributed by atoms with E-state index in [-0.39, 0.29) is 38.2 Å². The van der Waals surface area contributed by atoms with E-state index in [1.807, 2.05) is 0 Å². The van der Waals surface area contributed by atoms with Crippen LogP contribution in [0.3, 0.4) is 0 Å². The average Bonchev–Trinajstić information content (AvgIpc) is 3.89. The summed E-state index contributed by atoms with van der Waals surface area (Å²) in [6, 6.07) is 3.36. The molecular formula is C37H42F5N5O7S. The molecule has 4 aliphatic rings. The molecule has 3 fully saturated rings. The zero-order chi connectivity index (χ0) is 40.5. The number of benzene rings is 2. The number of sulfonamides is 1. The van der Waals surface area contributed by atoms with Gasteiger partial charge in [0, 0.05) is 30.1 Å². The van der Waals surface area contributed by atoms with Gasteiger partial charge >= 0.3 is 12.3 Å². The summed E-state index contributed by atoms with van der Waals surface area (Å²) in [6.07, 6.45) is -5.11. The normalized spacial score (nSPS) is 24.7. The standard InChI is InChI=1S/C37H42F5N5O7S/c1-6-21-16-36(21,32(50)45-55(52,53)35(5)10-11-35)44-30(48)28-15-25(54-33(51)46-17-20-8-7-9-27(39)26(20)19-46)18-47(28)31(49)29(34(2,3)4)43-24-13-22(37(40,41)42)12-23(38)14-24/h6-9,12-14,21,25,28-29,43H,1,10-11,15-19H2,2-5H3,(H,44,48)(H,45,50)/t21-,25-,28+,29-,36-/m1/s1. The highest BCUT2D eigenvalue weighted by atomic mass is 32.2. The molecule has 0 spiro atoms. The molecule has 55 heavy (non-hydrogen) atoms. The molecule has 298 valence electrons. The predicted octanol–water partition coefficient (Wildman–Crippen LogP) is 4.99.